The fourth-order valence-corrected chi connectivity index (χ4v) is 3.33. The molecule has 0 saturated heterocycles. The van der Waals surface area contributed by atoms with Crippen LogP contribution in [0.4, 0.5) is 5.69 Å². The molecule has 21 heavy (non-hydrogen) atoms. The molecule has 0 heterocycles. The van der Waals surface area contributed by atoms with E-state index in [1.54, 1.807) is 0 Å². The maximum absolute atomic E-state index is 8.57. The summed E-state index contributed by atoms with van der Waals surface area (Å²) in [5.41, 5.74) is 1.10. The highest BCUT2D eigenvalue weighted by Crippen LogP contribution is 2.31. The van der Waals surface area contributed by atoms with Gasteiger partial charge in [-0.1, -0.05) is 32.8 Å². The number of hydrogen-bond donors (Lipinski definition) is 1. The maximum atomic E-state index is 8.57. The summed E-state index contributed by atoms with van der Waals surface area (Å²) in [6.45, 7) is 4.73. The second-order valence-electron chi connectivity index (χ2n) is 6.48. The van der Waals surface area contributed by atoms with Crippen molar-refractivity contribution in [1.82, 2.24) is 0 Å². The molecule has 2 atom stereocenters. The summed E-state index contributed by atoms with van der Waals surface area (Å²) in [5.74, 6) is 2.40. The molecular weight excluding hydrogens is 260 g/mol. The van der Waals surface area contributed by atoms with Crippen LogP contribution in [0.1, 0.15) is 46.0 Å². The Kier molecular flexibility index (Phi) is 5.92. The zero-order valence-corrected chi connectivity index (χ0v) is 13.1. The van der Waals surface area contributed by atoms with Gasteiger partial charge in [-0.05, 0) is 43.2 Å². The predicted octanol–water partition coefficient (Wildman–Crippen LogP) is 4.61. The van der Waals surface area contributed by atoms with Crippen LogP contribution in [0.25, 0.3) is 0 Å². The maximum Gasteiger partial charge on any atom is 0.174 e. The van der Waals surface area contributed by atoms with Crippen LogP contribution in [-0.4, -0.2) is 12.6 Å². The molecule has 1 N–H and O–H groups in total. The molecule has 3 heteroatoms. The Hall–Kier alpha value is -1.69. The fraction of sp³-hybridized carbons (Fsp3) is 0.611. The van der Waals surface area contributed by atoms with Gasteiger partial charge in [0.05, 0.1) is 0 Å². The lowest BCUT2D eigenvalue weighted by Crippen LogP contribution is -2.27. The summed E-state index contributed by atoms with van der Waals surface area (Å²) in [6, 6.07) is 10.5. The number of rotatable bonds is 6. The summed E-state index contributed by atoms with van der Waals surface area (Å²) in [7, 11) is 0. The third-order valence-electron chi connectivity index (χ3n) is 4.10. The van der Waals surface area contributed by atoms with E-state index in [1.807, 2.05) is 24.3 Å². The second-order valence-corrected chi connectivity index (χ2v) is 6.48. The number of benzene rings is 1. The Morgan fingerprint density at radius 3 is 3.00 bits per heavy atom. The average Bonchev–Trinajstić information content (AvgIpc) is 2.45. The van der Waals surface area contributed by atoms with Gasteiger partial charge in [0.1, 0.15) is 11.8 Å². The first-order chi connectivity index (χ1) is 10.2. The molecule has 0 spiro atoms. The van der Waals surface area contributed by atoms with Crippen molar-refractivity contribution in [3.8, 4) is 11.8 Å². The highest BCUT2D eigenvalue weighted by atomic mass is 16.5. The number of anilines is 1. The molecule has 3 nitrogen and oxygen atoms in total. The monoisotopic (exact) mass is 286 g/mol. The van der Waals surface area contributed by atoms with E-state index in [2.05, 4.69) is 25.2 Å². The lowest BCUT2D eigenvalue weighted by molar-refractivity contribution is 0.289. The molecule has 1 aromatic rings. The molecule has 1 saturated carbocycles. The summed E-state index contributed by atoms with van der Waals surface area (Å²) < 4.78 is 5.36. The van der Waals surface area contributed by atoms with Crippen LogP contribution in [0.15, 0.2) is 24.3 Å². The van der Waals surface area contributed by atoms with E-state index in [-0.39, 0.29) is 6.61 Å². The lowest BCUT2D eigenvalue weighted by atomic mass is 9.81. The standard InChI is InChI=1S/C18H26N2O/c1-14(2)11-15-5-3-6-16(12-15)20-17-7-4-8-18(13-17)21-10-9-19/h4,7-8,13-16,20H,3,5-6,10-12H2,1-2H3. The third kappa shape index (κ3) is 5.30. The largest absolute Gasteiger partial charge is 0.479 e. The van der Waals surface area contributed by atoms with E-state index in [4.69, 9.17) is 10.00 Å². The molecule has 0 aliphatic heterocycles. The molecule has 2 rings (SSSR count). The molecule has 0 radical (unpaired) electrons. The molecule has 0 aromatic heterocycles. The number of ether oxygens (including phenoxy) is 1. The Labute approximate surface area is 128 Å². The quantitative estimate of drug-likeness (QED) is 0.830. The van der Waals surface area contributed by atoms with Gasteiger partial charge in [0, 0.05) is 17.8 Å². The van der Waals surface area contributed by atoms with Crippen molar-refractivity contribution >= 4 is 5.69 Å². The molecule has 1 aromatic carbocycles. The molecule has 1 aliphatic rings. The van der Waals surface area contributed by atoms with Crippen LogP contribution >= 0.6 is 0 Å². The summed E-state index contributed by atoms with van der Waals surface area (Å²) in [6.07, 6.45) is 6.55. The number of nitrogens with zero attached hydrogens (tertiary/aromatic N) is 1. The number of nitrogens with one attached hydrogen (secondary N) is 1. The van der Waals surface area contributed by atoms with Crippen LogP contribution in [0.3, 0.4) is 0 Å². The summed E-state index contributed by atoms with van der Waals surface area (Å²) >= 11 is 0. The van der Waals surface area contributed by atoms with Crippen LogP contribution in [0.2, 0.25) is 0 Å². The molecule has 114 valence electrons. The normalized spacial score (nSPS) is 21.8. The topological polar surface area (TPSA) is 45.0 Å². The second kappa shape index (κ2) is 7.93. The van der Waals surface area contributed by atoms with Crippen molar-refractivity contribution in [2.45, 2.75) is 52.0 Å². The van der Waals surface area contributed by atoms with Crippen molar-refractivity contribution in [1.29, 1.82) is 5.26 Å². The molecule has 0 amide bonds. The minimum absolute atomic E-state index is 0.101. The van der Waals surface area contributed by atoms with Crippen LogP contribution < -0.4 is 10.1 Å². The first-order valence-corrected chi connectivity index (χ1v) is 8.03. The first-order valence-electron chi connectivity index (χ1n) is 8.03. The Morgan fingerprint density at radius 2 is 2.24 bits per heavy atom. The van der Waals surface area contributed by atoms with E-state index in [1.165, 1.54) is 32.1 Å². The van der Waals surface area contributed by atoms with Gasteiger partial charge in [0.2, 0.25) is 0 Å². The number of hydrogen-bond acceptors (Lipinski definition) is 3. The van der Waals surface area contributed by atoms with Gasteiger partial charge < -0.3 is 10.1 Å². The molecular formula is C18H26N2O. The van der Waals surface area contributed by atoms with E-state index in [0.717, 1.165) is 23.3 Å². The van der Waals surface area contributed by atoms with Gasteiger partial charge >= 0.3 is 0 Å². The van der Waals surface area contributed by atoms with Crippen molar-refractivity contribution in [2.75, 3.05) is 11.9 Å². The van der Waals surface area contributed by atoms with E-state index >= 15 is 0 Å². The van der Waals surface area contributed by atoms with Crippen molar-refractivity contribution in [2.24, 2.45) is 11.8 Å². The van der Waals surface area contributed by atoms with Gasteiger partial charge in [-0.15, -0.1) is 0 Å². The third-order valence-corrected chi connectivity index (χ3v) is 4.10. The zero-order chi connectivity index (χ0) is 15.1. The molecule has 1 fully saturated rings. The number of nitriles is 1. The van der Waals surface area contributed by atoms with Crippen molar-refractivity contribution in [3.63, 3.8) is 0 Å². The smallest absolute Gasteiger partial charge is 0.174 e. The van der Waals surface area contributed by atoms with Gasteiger partial charge in [-0.2, -0.15) is 5.26 Å². The Morgan fingerprint density at radius 1 is 1.38 bits per heavy atom. The Bertz CT molecular complexity index is 478. The molecule has 0 bridgehead atoms. The molecule has 1 aliphatic carbocycles. The minimum Gasteiger partial charge on any atom is -0.479 e. The first kappa shape index (κ1) is 15.7. The fourth-order valence-electron chi connectivity index (χ4n) is 3.33. The predicted molar refractivity (Wildman–Crippen MR) is 86.4 cm³/mol. The lowest BCUT2D eigenvalue weighted by Gasteiger charge is -2.31. The summed E-state index contributed by atoms with van der Waals surface area (Å²) in [5, 5.41) is 12.2. The molecule has 2 unspecified atom stereocenters. The highest BCUT2D eigenvalue weighted by molar-refractivity contribution is 5.49. The van der Waals surface area contributed by atoms with E-state index in [9.17, 15) is 0 Å². The Balaban J connectivity index is 1.90. The minimum atomic E-state index is 0.101. The van der Waals surface area contributed by atoms with Gasteiger partial charge in [-0.3, -0.25) is 0 Å². The van der Waals surface area contributed by atoms with Crippen LogP contribution in [-0.2, 0) is 0 Å². The van der Waals surface area contributed by atoms with Crippen LogP contribution in [0, 0.1) is 23.2 Å². The zero-order valence-electron chi connectivity index (χ0n) is 13.1. The average molecular weight is 286 g/mol. The SMILES string of the molecule is CC(C)CC1CCCC(Nc2cccc(OCC#N)c2)C1. The van der Waals surface area contributed by atoms with Gasteiger partial charge in [0.15, 0.2) is 6.61 Å². The van der Waals surface area contributed by atoms with Gasteiger partial charge in [-0.25, -0.2) is 0 Å². The summed E-state index contributed by atoms with van der Waals surface area (Å²) in [4.78, 5) is 0. The van der Waals surface area contributed by atoms with Crippen LogP contribution in [0.5, 0.6) is 5.75 Å². The van der Waals surface area contributed by atoms with E-state index in [0.29, 0.717) is 6.04 Å². The highest BCUT2D eigenvalue weighted by Gasteiger charge is 2.22. The van der Waals surface area contributed by atoms with Crippen molar-refractivity contribution in [3.05, 3.63) is 24.3 Å². The van der Waals surface area contributed by atoms with E-state index < -0.39 is 0 Å². The van der Waals surface area contributed by atoms with Crippen molar-refractivity contribution < 1.29 is 4.74 Å². The van der Waals surface area contributed by atoms with Gasteiger partial charge in [0.25, 0.3) is 0 Å².